The molecule has 1 aromatic rings. The lowest BCUT2D eigenvalue weighted by Gasteiger charge is -2.32. The maximum atomic E-state index is 12.0. The molecule has 5 N–H and O–H groups in total. The van der Waals surface area contributed by atoms with Crippen molar-refractivity contribution in [3.8, 4) is 0 Å². The van der Waals surface area contributed by atoms with Crippen LogP contribution in [0.5, 0.6) is 0 Å². The summed E-state index contributed by atoms with van der Waals surface area (Å²) < 4.78 is 26.5. The zero-order valence-corrected chi connectivity index (χ0v) is 15.2. The van der Waals surface area contributed by atoms with E-state index in [2.05, 4.69) is 20.7 Å². The molecule has 8 nitrogen and oxygen atoms in total. The number of piperidine rings is 1. The molecule has 0 radical (unpaired) electrons. The van der Waals surface area contributed by atoms with E-state index in [9.17, 15) is 18.3 Å². The van der Waals surface area contributed by atoms with Gasteiger partial charge in [-0.3, -0.25) is 0 Å². The van der Waals surface area contributed by atoms with E-state index in [0.717, 1.165) is 13.0 Å². The Labute approximate surface area is 148 Å². The van der Waals surface area contributed by atoms with Gasteiger partial charge in [0.25, 0.3) is 0 Å². The van der Waals surface area contributed by atoms with E-state index in [1.807, 2.05) is 6.92 Å². The lowest BCUT2D eigenvalue weighted by Crippen LogP contribution is -2.53. The first-order valence-electron chi connectivity index (χ1n) is 8.42. The predicted octanol–water partition coefficient (Wildman–Crippen LogP) is 0.611. The topological polar surface area (TPSA) is 120 Å². The molecule has 140 valence electrons. The minimum absolute atomic E-state index is 0.148. The number of benzene rings is 1. The minimum Gasteiger partial charge on any atom is -0.387 e. The molecule has 0 unspecified atom stereocenters. The first-order chi connectivity index (χ1) is 11.8. The third-order valence-corrected chi connectivity index (χ3v) is 5.47. The van der Waals surface area contributed by atoms with E-state index in [1.54, 1.807) is 0 Å². The van der Waals surface area contributed by atoms with Gasteiger partial charge in [-0.2, -0.15) is 0 Å². The van der Waals surface area contributed by atoms with Crippen molar-refractivity contribution < 1.29 is 18.3 Å². The van der Waals surface area contributed by atoms with Crippen LogP contribution in [0.1, 0.15) is 26.2 Å². The van der Waals surface area contributed by atoms with Crippen molar-refractivity contribution in [2.75, 3.05) is 31.5 Å². The Balaban J connectivity index is 1.87. The van der Waals surface area contributed by atoms with Gasteiger partial charge in [-0.15, -0.1) is 0 Å². The van der Waals surface area contributed by atoms with Gasteiger partial charge in [-0.1, -0.05) is 6.92 Å². The number of anilines is 1. The van der Waals surface area contributed by atoms with E-state index in [-0.39, 0.29) is 11.4 Å². The quantitative estimate of drug-likeness (QED) is 0.482. The second-order valence-corrected chi connectivity index (χ2v) is 8.00. The largest absolute Gasteiger partial charge is 0.387 e. The molecule has 0 saturated carbocycles. The van der Waals surface area contributed by atoms with Crippen LogP contribution < -0.4 is 20.7 Å². The van der Waals surface area contributed by atoms with Gasteiger partial charge in [0.15, 0.2) is 0 Å². The van der Waals surface area contributed by atoms with E-state index >= 15 is 0 Å². The Kier molecular flexibility index (Phi) is 6.77. The molecule has 2 amide bonds. The summed E-state index contributed by atoms with van der Waals surface area (Å²) in [5.41, 5.74) is -0.459. The van der Waals surface area contributed by atoms with Gasteiger partial charge in [-0.05, 0) is 50.1 Å². The molecule has 0 aliphatic carbocycles. The molecular weight excluding hydrogens is 344 g/mol. The number of β-amino-alcohol motifs (C(OH)–C–C–N with tert-alkyl or cyclic N) is 1. The van der Waals surface area contributed by atoms with Gasteiger partial charge in [0.1, 0.15) is 0 Å². The van der Waals surface area contributed by atoms with Crippen molar-refractivity contribution in [1.29, 1.82) is 0 Å². The third kappa shape index (κ3) is 5.96. The van der Waals surface area contributed by atoms with Gasteiger partial charge in [0.2, 0.25) is 10.0 Å². The van der Waals surface area contributed by atoms with E-state index < -0.39 is 21.7 Å². The van der Waals surface area contributed by atoms with Crippen LogP contribution in [0.4, 0.5) is 10.5 Å². The summed E-state index contributed by atoms with van der Waals surface area (Å²) in [5.74, 6) is 0. The summed E-state index contributed by atoms with van der Waals surface area (Å²) in [7, 11) is -3.52. The highest BCUT2D eigenvalue weighted by Crippen LogP contribution is 2.16. The first kappa shape index (κ1) is 19.6. The monoisotopic (exact) mass is 370 g/mol. The number of nitrogens with one attached hydrogen (secondary N) is 4. The maximum absolute atomic E-state index is 12.0. The van der Waals surface area contributed by atoms with Crippen LogP contribution in [-0.4, -0.2) is 51.3 Å². The Morgan fingerprint density at radius 1 is 1.32 bits per heavy atom. The number of hydrogen-bond donors (Lipinski definition) is 5. The number of sulfonamides is 1. The fraction of sp³-hybridized carbons (Fsp3) is 0.562. The van der Waals surface area contributed by atoms with Crippen molar-refractivity contribution >= 4 is 21.7 Å². The normalized spacial score (nSPS) is 20.9. The Morgan fingerprint density at radius 3 is 2.64 bits per heavy atom. The zero-order valence-electron chi connectivity index (χ0n) is 14.3. The standard InChI is InChI=1S/C16H26N4O4S/c1-2-9-19-25(23,24)14-6-4-13(5-7-14)20-15(21)18-12-16(22)8-3-10-17-11-16/h4-7,17,19,22H,2-3,8-12H2,1H3,(H2,18,20,21)/t16-/m0/s1. The molecule has 25 heavy (non-hydrogen) atoms. The second-order valence-electron chi connectivity index (χ2n) is 6.23. The van der Waals surface area contributed by atoms with Gasteiger partial charge in [0, 0.05) is 25.3 Å². The Morgan fingerprint density at radius 2 is 2.04 bits per heavy atom. The molecule has 1 aliphatic rings. The van der Waals surface area contributed by atoms with Crippen molar-refractivity contribution in [1.82, 2.24) is 15.4 Å². The summed E-state index contributed by atoms with van der Waals surface area (Å²) in [4.78, 5) is 12.1. The van der Waals surface area contributed by atoms with Gasteiger partial charge in [-0.25, -0.2) is 17.9 Å². The molecule has 1 saturated heterocycles. The minimum atomic E-state index is -3.52. The average Bonchev–Trinajstić information content (AvgIpc) is 2.60. The SMILES string of the molecule is CCCNS(=O)(=O)c1ccc(NC(=O)NC[C@]2(O)CCCNC2)cc1. The highest BCUT2D eigenvalue weighted by atomic mass is 32.2. The molecule has 2 rings (SSSR count). The summed E-state index contributed by atoms with van der Waals surface area (Å²) in [6.07, 6.45) is 2.21. The molecule has 0 aromatic heterocycles. The zero-order chi connectivity index (χ0) is 18.3. The number of urea groups is 1. The molecule has 1 heterocycles. The fourth-order valence-electron chi connectivity index (χ4n) is 2.56. The van der Waals surface area contributed by atoms with Gasteiger partial charge in [0.05, 0.1) is 10.5 Å². The van der Waals surface area contributed by atoms with Crippen molar-refractivity contribution in [2.24, 2.45) is 0 Å². The molecule has 1 atom stereocenters. The molecule has 0 spiro atoms. The summed E-state index contributed by atoms with van der Waals surface area (Å²) in [6, 6.07) is 5.48. The van der Waals surface area contributed by atoms with E-state index in [4.69, 9.17) is 0 Å². The Bertz CT molecular complexity index is 670. The molecule has 1 aromatic carbocycles. The smallest absolute Gasteiger partial charge is 0.319 e. The summed E-state index contributed by atoms with van der Waals surface area (Å²) in [6.45, 7) is 3.73. The molecule has 1 fully saturated rings. The van der Waals surface area contributed by atoms with Crippen LogP contribution in [0.3, 0.4) is 0 Å². The van der Waals surface area contributed by atoms with Gasteiger partial charge >= 0.3 is 6.03 Å². The van der Waals surface area contributed by atoms with Crippen LogP contribution in [0, 0.1) is 0 Å². The van der Waals surface area contributed by atoms with Crippen LogP contribution in [0.15, 0.2) is 29.2 Å². The van der Waals surface area contributed by atoms with E-state index in [1.165, 1.54) is 24.3 Å². The summed E-state index contributed by atoms with van der Waals surface area (Å²) >= 11 is 0. The highest BCUT2D eigenvalue weighted by molar-refractivity contribution is 7.89. The van der Waals surface area contributed by atoms with E-state index in [0.29, 0.717) is 31.6 Å². The van der Waals surface area contributed by atoms with Crippen molar-refractivity contribution in [2.45, 2.75) is 36.7 Å². The predicted molar refractivity (Wildman–Crippen MR) is 96.0 cm³/mol. The lowest BCUT2D eigenvalue weighted by molar-refractivity contribution is 0.0198. The van der Waals surface area contributed by atoms with Gasteiger partial charge < -0.3 is 21.1 Å². The second kappa shape index (κ2) is 8.61. The maximum Gasteiger partial charge on any atom is 0.319 e. The van der Waals surface area contributed by atoms with Crippen LogP contribution in [0.2, 0.25) is 0 Å². The lowest BCUT2D eigenvalue weighted by atomic mass is 9.94. The average molecular weight is 370 g/mol. The first-order valence-corrected chi connectivity index (χ1v) is 9.91. The van der Waals surface area contributed by atoms with Crippen LogP contribution >= 0.6 is 0 Å². The highest BCUT2D eigenvalue weighted by Gasteiger charge is 2.29. The molecule has 9 heteroatoms. The number of rotatable bonds is 7. The number of aliphatic hydroxyl groups is 1. The van der Waals surface area contributed by atoms with Crippen molar-refractivity contribution in [3.63, 3.8) is 0 Å². The molecule has 0 bridgehead atoms. The van der Waals surface area contributed by atoms with Crippen molar-refractivity contribution in [3.05, 3.63) is 24.3 Å². The number of amides is 2. The number of carbonyl (C=O) groups excluding carboxylic acids is 1. The fourth-order valence-corrected chi connectivity index (χ4v) is 3.69. The van der Waals surface area contributed by atoms with Crippen LogP contribution in [0.25, 0.3) is 0 Å². The number of hydrogen-bond acceptors (Lipinski definition) is 5. The number of carbonyl (C=O) groups is 1. The Hall–Kier alpha value is -1.68. The molecule has 1 aliphatic heterocycles. The third-order valence-electron chi connectivity index (χ3n) is 3.99. The molecular formula is C16H26N4O4S. The van der Waals surface area contributed by atoms with Crippen LogP contribution in [-0.2, 0) is 10.0 Å². The summed E-state index contributed by atoms with van der Waals surface area (Å²) in [5, 5.41) is 18.7.